The van der Waals surface area contributed by atoms with E-state index in [1.54, 1.807) is 24.3 Å². The number of nitrogens with one attached hydrogen (secondary N) is 1. The van der Waals surface area contributed by atoms with Crippen LogP contribution in [0.1, 0.15) is 11.1 Å². The Kier molecular flexibility index (Phi) is 4.54. The summed E-state index contributed by atoms with van der Waals surface area (Å²) in [7, 11) is -3.60. The molecule has 0 spiro atoms. The summed E-state index contributed by atoms with van der Waals surface area (Å²) >= 11 is 6.51. The maximum atomic E-state index is 11.9. The summed E-state index contributed by atoms with van der Waals surface area (Å²) in [5.74, 6) is 0. The number of aliphatic hydroxyl groups is 1. The van der Waals surface area contributed by atoms with Gasteiger partial charge in [0.15, 0.2) is 8.68 Å². The van der Waals surface area contributed by atoms with Gasteiger partial charge in [0.05, 0.1) is 12.8 Å². The summed E-state index contributed by atoms with van der Waals surface area (Å²) in [6.45, 7) is 0.0662. The Morgan fingerprint density at radius 3 is 2.74 bits per heavy atom. The van der Waals surface area contributed by atoms with Crippen LogP contribution in [-0.2, 0) is 23.2 Å². The summed E-state index contributed by atoms with van der Waals surface area (Å²) < 4.78 is 26.6. The number of nitrogens with zero attached hydrogens (tertiary/aromatic N) is 1. The van der Waals surface area contributed by atoms with E-state index in [1.807, 2.05) is 0 Å². The number of thiazole rings is 1. The van der Waals surface area contributed by atoms with Crippen molar-refractivity contribution in [1.29, 1.82) is 0 Å². The monoisotopic (exact) mass is 318 g/mol. The van der Waals surface area contributed by atoms with Crippen molar-refractivity contribution >= 4 is 33.0 Å². The van der Waals surface area contributed by atoms with Gasteiger partial charge in [0, 0.05) is 6.54 Å². The zero-order valence-corrected chi connectivity index (χ0v) is 12.1. The molecule has 2 aromatic rings. The van der Waals surface area contributed by atoms with Crippen LogP contribution in [0.3, 0.4) is 0 Å². The highest BCUT2D eigenvalue weighted by Gasteiger charge is 2.17. The maximum Gasteiger partial charge on any atom is 0.252 e. The maximum absolute atomic E-state index is 11.9. The molecule has 0 unspecified atom stereocenters. The highest BCUT2D eigenvalue weighted by Crippen LogP contribution is 2.22. The smallest absolute Gasteiger partial charge is 0.252 e. The Morgan fingerprint density at radius 2 is 2.11 bits per heavy atom. The molecule has 0 amide bonds. The Bertz CT molecular complexity index is 670. The van der Waals surface area contributed by atoms with E-state index in [-0.39, 0.29) is 21.8 Å². The van der Waals surface area contributed by atoms with Crippen LogP contribution in [0.25, 0.3) is 0 Å². The summed E-state index contributed by atoms with van der Waals surface area (Å²) in [5, 5.41) is 9.01. The third-order valence-electron chi connectivity index (χ3n) is 2.36. The van der Waals surface area contributed by atoms with Gasteiger partial charge in [-0.1, -0.05) is 47.2 Å². The highest BCUT2D eigenvalue weighted by molar-refractivity contribution is 7.91. The van der Waals surface area contributed by atoms with Crippen LogP contribution in [0, 0.1) is 0 Å². The minimum Gasteiger partial charge on any atom is -0.392 e. The van der Waals surface area contributed by atoms with Crippen LogP contribution in [0.15, 0.2) is 34.7 Å². The molecule has 1 aromatic carbocycles. The van der Waals surface area contributed by atoms with Gasteiger partial charge < -0.3 is 5.11 Å². The van der Waals surface area contributed by atoms with E-state index < -0.39 is 10.0 Å². The van der Waals surface area contributed by atoms with E-state index in [2.05, 4.69) is 9.71 Å². The van der Waals surface area contributed by atoms with Crippen molar-refractivity contribution in [2.75, 3.05) is 0 Å². The Balaban J connectivity index is 2.09. The van der Waals surface area contributed by atoms with Gasteiger partial charge in [-0.05, 0) is 11.1 Å². The van der Waals surface area contributed by atoms with Gasteiger partial charge in [-0.15, -0.1) is 0 Å². The number of sulfonamides is 1. The third-order valence-corrected chi connectivity index (χ3v) is 5.34. The molecule has 0 bridgehead atoms. The van der Waals surface area contributed by atoms with E-state index in [9.17, 15) is 8.42 Å². The second kappa shape index (κ2) is 5.98. The van der Waals surface area contributed by atoms with Crippen LogP contribution in [-0.4, -0.2) is 18.5 Å². The predicted octanol–water partition coefficient (Wildman–Crippen LogP) is 1.77. The Hall–Kier alpha value is -0.990. The summed E-state index contributed by atoms with van der Waals surface area (Å²) in [6.07, 6.45) is 1.22. The number of aromatic nitrogens is 1. The molecule has 0 aliphatic rings. The normalized spacial score (nSPS) is 11.7. The molecule has 2 N–H and O–H groups in total. The fourth-order valence-corrected chi connectivity index (χ4v) is 3.81. The van der Waals surface area contributed by atoms with Crippen molar-refractivity contribution in [2.24, 2.45) is 0 Å². The average Bonchev–Trinajstić information content (AvgIpc) is 2.84. The van der Waals surface area contributed by atoms with Crippen molar-refractivity contribution in [2.45, 2.75) is 17.4 Å². The summed E-state index contributed by atoms with van der Waals surface area (Å²) in [6, 6.07) is 7.04. The standard InChI is InChI=1S/C11H11ClN2O3S2/c12-11-13-6-10(18-11)19(16,17)14-5-8-2-1-3-9(4-8)7-15/h1-4,6,14-15H,5,7H2. The molecule has 0 saturated heterocycles. The number of halogens is 1. The number of aliphatic hydroxyl groups excluding tert-OH is 1. The average molecular weight is 319 g/mol. The number of hydrogen-bond donors (Lipinski definition) is 2. The van der Waals surface area contributed by atoms with Crippen LogP contribution in [0.5, 0.6) is 0 Å². The van der Waals surface area contributed by atoms with Gasteiger partial charge >= 0.3 is 0 Å². The van der Waals surface area contributed by atoms with E-state index >= 15 is 0 Å². The van der Waals surface area contributed by atoms with Gasteiger partial charge in [0.2, 0.25) is 0 Å². The van der Waals surface area contributed by atoms with E-state index in [0.717, 1.165) is 22.5 Å². The van der Waals surface area contributed by atoms with Crippen LogP contribution in [0.4, 0.5) is 0 Å². The van der Waals surface area contributed by atoms with Crippen molar-refractivity contribution in [3.05, 3.63) is 46.1 Å². The van der Waals surface area contributed by atoms with Crippen molar-refractivity contribution in [3.8, 4) is 0 Å². The molecule has 0 atom stereocenters. The van der Waals surface area contributed by atoms with Crippen LogP contribution >= 0.6 is 22.9 Å². The molecule has 0 aliphatic heterocycles. The lowest BCUT2D eigenvalue weighted by Gasteiger charge is -2.05. The van der Waals surface area contributed by atoms with Gasteiger partial charge in [0.1, 0.15) is 0 Å². The molecule has 0 fully saturated rings. The fraction of sp³-hybridized carbons (Fsp3) is 0.182. The van der Waals surface area contributed by atoms with Gasteiger partial charge in [-0.25, -0.2) is 18.1 Å². The first kappa shape index (κ1) is 14.4. The van der Waals surface area contributed by atoms with E-state index in [0.29, 0.717) is 0 Å². The number of hydrogen-bond acceptors (Lipinski definition) is 5. The highest BCUT2D eigenvalue weighted by atomic mass is 35.5. The molecule has 1 heterocycles. The van der Waals surface area contributed by atoms with Crippen molar-refractivity contribution in [1.82, 2.24) is 9.71 Å². The number of benzene rings is 1. The Morgan fingerprint density at radius 1 is 1.37 bits per heavy atom. The summed E-state index contributed by atoms with van der Waals surface area (Å²) in [5.41, 5.74) is 1.50. The lowest BCUT2D eigenvalue weighted by Crippen LogP contribution is -2.22. The molecular weight excluding hydrogens is 308 g/mol. The molecule has 19 heavy (non-hydrogen) atoms. The SMILES string of the molecule is O=S(=O)(NCc1cccc(CO)c1)c1cnc(Cl)s1. The molecule has 0 aliphatic carbocycles. The second-order valence-electron chi connectivity index (χ2n) is 3.73. The molecule has 0 saturated carbocycles. The van der Waals surface area contributed by atoms with Crippen LogP contribution < -0.4 is 4.72 Å². The topological polar surface area (TPSA) is 79.3 Å². The van der Waals surface area contributed by atoms with Crippen LogP contribution in [0.2, 0.25) is 4.47 Å². The molecule has 1 aromatic heterocycles. The molecule has 102 valence electrons. The van der Waals surface area contributed by atoms with E-state index in [4.69, 9.17) is 16.7 Å². The van der Waals surface area contributed by atoms with E-state index in [1.165, 1.54) is 6.20 Å². The lowest BCUT2D eigenvalue weighted by molar-refractivity contribution is 0.281. The molecule has 2 rings (SSSR count). The first-order valence-electron chi connectivity index (χ1n) is 5.31. The minimum absolute atomic E-state index is 0.0783. The lowest BCUT2D eigenvalue weighted by atomic mass is 10.1. The largest absolute Gasteiger partial charge is 0.392 e. The zero-order chi connectivity index (χ0) is 13.9. The quantitative estimate of drug-likeness (QED) is 0.880. The third kappa shape index (κ3) is 3.74. The molecule has 8 heteroatoms. The first-order chi connectivity index (χ1) is 9.01. The molecule has 5 nitrogen and oxygen atoms in total. The molecular formula is C11H11ClN2O3S2. The molecule has 0 radical (unpaired) electrons. The van der Waals surface area contributed by atoms with Crippen molar-refractivity contribution in [3.63, 3.8) is 0 Å². The van der Waals surface area contributed by atoms with Gasteiger partial charge in [0.25, 0.3) is 10.0 Å². The van der Waals surface area contributed by atoms with Gasteiger partial charge in [-0.2, -0.15) is 0 Å². The first-order valence-corrected chi connectivity index (χ1v) is 7.99. The van der Waals surface area contributed by atoms with Crippen molar-refractivity contribution < 1.29 is 13.5 Å². The fourth-order valence-electron chi connectivity index (χ4n) is 1.45. The zero-order valence-electron chi connectivity index (χ0n) is 9.71. The minimum atomic E-state index is -3.60. The number of rotatable bonds is 5. The van der Waals surface area contributed by atoms with Gasteiger partial charge in [-0.3, -0.25) is 0 Å². The summed E-state index contributed by atoms with van der Waals surface area (Å²) in [4.78, 5) is 3.70. The second-order valence-corrected chi connectivity index (χ2v) is 7.34. The predicted molar refractivity (Wildman–Crippen MR) is 73.5 cm³/mol. The Labute approximate surface area is 119 Å².